The van der Waals surface area contributed by atoms with E-state index in [0.29, 0.717) is 42.9 Å². The third-order valence-corrected chi connectivity index (χ3v) is 4.53. The minimum absolute atomic E-state index is 0.102. The van der Waals surface area contributed by atoms with Crippen LogP contribution in [0.15, 0.2) is 48.5 Å². The Kier molecular flexibility index (Phi) is 6.39. The van der Waals surface area contributed by atoms with Crippen molar-refractivity contribution in [1.29, 1.82) is 0 Å². The summed E-state index contributed by atoms with van der Waals surface area (Å²) in [6.07, 6.45) is 1.41. The minimum Gasteiger partial charge on any atom is -0.383 e. The van der Waals surface area contributed by atoms with Gasteiger partial charge in [0.05, 0.1) is 17.9 Å². The van der Waals surface area contributed by atoms with Crippen molar-refractivity contribution in [3.63, 3.8) is 0 Å². The van der Waals surface area contributed by atoms with Crippen molar-refractivity contribution in [3.8, 4) is 0 Å². The molecule has 7 heteroatoms. The van der Waals surface area contributed by atoms with Crippen LogP contribution >= 0.6 is 0 Å². The molecule has 0 aliphatic carbocycles. The first-order valence-corrected chi connectivity index (χ1v) is 9.18. The van der Waals surface area contributed by atoms with Gasteiger partial charge in [-0.25, -0.2) is 0 Å². The molecule has 1 aliphatic rings. The highest BCUT2D eigenvalue weighted by Crippen LogP contribution is 2.22. The molecule has 0 radical (unpaired) electrons. The lowest BCUT2D eigenvalue weighted by Crippen LogP contribution is -2.28. The average Bonchev–Trinajstić information content (AvgIpc) is 3.14. The molecule has 1 saturated heterocycles. The third kappa shape index (κ3) is 4.55. The largest absolute Gasteiger partial charge is 0.383 e. The van der Waals surface area contributed by atoms with Crippen LogP contribution in [0.3, 0.4) is 0 Å². The summed E-state index contributed by atoms with van der Waals surface area (Å²) in [5.74, 6) is -0.502. The van der Waals surface area contributed by atoms with Crippen molar-refractivity contribution in [2.45, 2.75) is 12.8 Å². The highest BCUT2D eigenvalue weighted by atomic mass is 16.5. The van der Waals surface area contributed by atoms with E-state index in [9.17, 15) is 14.4 Å². The SMILES string of the molecule is COCCNC(=O)c1ccccc1NC(=O)c1ccc(N2CCCC2=O)cc1. The van der Waals surface area contributed by atoms with Gasteiger partial charge in [0.1, 0.15) is 0 Å². The van der Waals surface area contributed by atoms with E-state index in [1.165, 1.54) is 0 Å². The van der Waals surface area contributed by atoms with Gasteiger partial charge in [0.2, 0.25) is 5.91 Å². The molecule has 0 bridgehead atoms. The fourth-order valence-corrected chi connectivity index (χ4v) is 3.06. The van der Waals surface area contributed by atoms with Gasteiger partial charge < -0.3 is 20.3 Å². The smallest absolute Gasteiger partial charge is 0.255 e. The van der Waals surface area contributed by atoms with Gasteiger partial charge in [-0.2, -0.15) is 0 Å². The van der Waals surface area contributed by atoms with Crippen LogP contribution in [0.5, 0.6) is 0 Å². The number of carbonyl (C=O) groups excluding carboxylic acids is 3. The summed E-state index contributed by atoms with van der Waals surface area (Å²) in [5.41, 5.74) is 2.05. The highest BCUT2D eigenvalue weighted by Gasteiger charge is 2.22. The molecule has 0 aromatic heterocycles. The molecule has 3 amide bonds. The second kappa shape index (κ2) is 9.14. The first-order chi connectivity index (χ1) is 13.6. The number of benzene rings is 2. The molecule has 28 heavy (non-hydrogen) atoms. The summed E-state index contributed by atoms with van der Waals surface area (Å²) in [6.45, 7) is 1.50. The van der Waals surface area contributed by atoms with Crippen molar-refractivity contribution >= 4 is 29.1 Å². The first-order valence-electron chi connectivity index (χ1n) is 9.18. The number of methoxy groups -OCH3 is 1. The van der Waals surface area contributed by atoms with E-state index < -0.39 is 0 Å². The summed E-state index contributed by atoms with van der Waals surface area (Å²) in [6, 6.07) is 13.7. The van der Waals surface area contributed by atoms with Crippen LogP contribution in [0, 0.1) is 0 Å². The van der Waals surface area contributed by atoms with E-state index >= 15 is 0 Å². The van der Waals surface area contributed by atoms with Gasteiger partial charge in [-0.05, 0) is 42.8 Å². The first kappa shape index (κ1) is 19.6. The van der Waals surface area contributed by atoms with Crippen LogP contribution in [0.1, 0.15) is 33.6 Å². The zero-order valence-electron chi connectivity index (χ0n) is 15.7. The number of anilines is 2. The van der Waals surface area contributed by atoms with Crippen LogP contribution in [0.4, 0.5) is 11.4 Å². The Hall–Kier alpha value is -3.19. The molecule has 146 valence electrons. The lowest BCUT2D eigenvalue weighted by Gasteiger charge is -2.16. The summed E-state index contributed by atoms with van der Waals surface area (Å²) < 4.78 is 4.92. The maximum Gasteiger partial charge on any atom is 0.255 e. The monoisotopic (exact) mass is 381 g/mol. The van der Waals surface area contributed by atoms with Crippen LogP contribution in [-0.4, -0.2) is 44.5 Å². The molecule has 1 heterocycles. The van der Waals surface area contributed by atoms with Crippen molar-refractivity contribution < 1.29 is 19.1 Å². The van der Waals surface area contributed by atoms with Crippen molar-refractivity contribution in [2.24, 2.45) is 0 Å². The number of carbonyl (C=O) groups is 3. The van der Waals surface area contributed by atoms with Crippen LogP contribution in [0.2, 0.25) is 0 Å². The zero-order chi connectivity index (χ0) is 19.9. The molecule has 1 aliphatic heterocycles. The van der Waals surface area contributed by atoms with Gasteiger partial charge in [-0.3, -0.25) is 14.4 Å². The van der Waals surface area contributed by atoms with E-state index in [2.05, 4.69) is 10.6 Å². The molecule has 0 spiro atoms. The van der Waals surface area contributed by atoms with Gasteiger partial charge in [0.15, 0.2) is 0 Å². The van der Waals surface area contributed by atoms with E-state index in [1.54, 1.807) is 60.5 Å². The number of rotatable bonds is 7. The number of nitrogens with one attached hydrogen (secondary N) is 2. The van der Waals surface area contributed by atoms with Crippen LogP contribution in [-0.2, 0) is 9.53 Å². The van der Waals surface area contributed by atoms with Crippen molar-refractivity contribution in [1.82, 2.24) is 5.32 Å². The number of hydrogen-bond donors (Lipinski definition) is 2. The molecular formula is C21H23N3O4. The van der Waals surface area contributed by atoms with Crippen molar-refractivity contribution in [2.75, 3.05) is 37.0 Å². The molecule has 1 fully saturated rings. The molecule has 3 rings (SSSR count). The van der Waals surface area contributed by atoms with Gasteiger partial charge >= 0.3 is 0 Å². The maximum absolute atomic E-state index is 12.6. The zero-order valence-corrected chi connectivity index (χ0v) is 15.7. The molecule has 7 nitrogen and oxygen atoms in total. The molecule has 2 aromatic carbocycles. The molecule has 2 N–H and O–H groups in total. The molecular weight excluding hydrogens is 358 g/mol. The Balaban J connectivity index is 1.69. The predicted octanol–water partition coefficient (Wildman–Crippen LogP) is 2.44. The number of nitrogens with zero attached hydrogens (tertiary/aromatic N) is 1. The molecule has 2 aromatic rings. The van der Waals surface area contributed by atoms with Gasteiger partial charge in [-0.15, -0.1) is 0 Å². The fourth-order valence-electron chi connectivity index (χ4n) is 3.06. The Morgan fingerprint density at radius 1 is 1.07 bits per heavy atom. The molecule has 0 unspecified atom stereocenters. The number of para-hydroxylation sites is 1. The minimum atomic E-state index is -0.323. The third-order valence-electron chi connectivity index (χ3n) is 4.53. The maximum atomic E-state index is 12.6. The summed E-state index contributed by atoms with van der Waals surface area (Å²) in [5, 5.41) is 5.53. The van der Waals surface area contributed by atoms with E-state index in [4.69, 9.17) is 4.74 Å². The second-order valence-corrected chi connectivity index (χ2v) is 6.44. The van der Waals surface area contributed by atoms with Gasteiger partial charge in [0, 0.05) is 37.9 Å². The number of ether oxygens (including phenoxy) is 1. The number of amides is 3. The van der Waals surface area contributed by atoms with Crippen LogP contribution in [0.25, 0.3) is 0 Å². The Bertz CT molecular complexity index is 864. The van der Waals surface area contributed by atoms with E-state index in [0.717, 1.165) is 12.1 Å². The van der Waals surface area contributed by atoms with E-state index in [-0.39, 0.29) is 17.7 Å². The normalized spacial score (nSPS) is 13.5. The highest BCUT2D eigenvalue weighted by molar-refractivity contribution is 6.09. The average molecular weight is 381 g/mol. The van der Waals surface area contributed by atoms with Gasteiger partial charge in [0.25, 0.3) is 11.8 Å². The topological polar surface area (TPSA) is 87.7 Å². The quantitative estimate of drug-likeness (QED) is 0.721. The Morgan fingerprint density at radius 3 is 2.50 bits per heavy atom. The van der Waals surface area contributed by atoms with E-state index in [1.807, 2.05) is 0 Å². The van der Waals surface area contributed by atoms with Crippen molar-refractivity contribution in [3.05, 3.63) is 59.7 Å². The summed E-state index contributed by atoms with van der Waals surface area (Å²) in [4.78, 5) is 38.5. The Labute approximate surface area is 163 Å². The second-order valence-electron chi connectivity index (χ2n) is 6.44. The fraction of sp³-hybridized carbons (Fsp3) is 0.286. The lowest BCUT2D eigenvalue weighted by molar-refractivity contribution is -0.117. The summed E-state index contributed by atoms with van der Waals surface area (Å²) >= 11 is 0. The summed E-state index contributed by atoms with van der Waals surface area (Å²) in [7, 11) is 1.56. The predicted molar refractivity (Wildman–Crippen MR) is 107 cm³/mol. The standard InChI is InChI=1S/C21H23N3O4/c1-28-14-12-22-21(27)17-5-2-3-6-18(17)23-20(26)15-8-10-16(11-9-15)24-13-4-7-19(24)25/h2-3,5-6,8-11H,4,7,12-14H2,1H3,(H,22,27)(H,23,26). The van der Waals surface area contributed by atoms with Crippen LogP contribution < -0.4 is 15.5 Å². The molecule has 0 saturated carbocycles. The lowest BCUT2D eigenvalue weighted by atomic mass is 10.1. The Morgan fingerprint density at radius 2 is 1.82 bits per heavy atom. The molecule has 0 atom stereocenters. The number of hydrogen-bond acceptors (Lipinski definition) is 4. The van der Waals surface area contributed by atoms with Gasteiger partial charge in [-0.1, -0.05) is 12.1 Å².